The zero-order valence-electron chi connectivity index (χ0n) is 13.5. The van der Waals surface area contributed by atoms with E-state index in [1.165, 1.54) is 11.0 Å². The van der Waals surface area contributed by atoms with Crippen molar-refractivity contribution in [2.45, 2.75) is 38.6 Å². The molecule has 0 radical (unpaired) electrons. The molecule has 4 nitrogen and oxygen atoms in total. The third-order valence-corrected chi connectivity index (χ3v) is 4.40. The second-order valence-corrected chi connectivity index (χ2v) is 5.98. The van der Waals surface area contributed by atoms with Crippen molar-refractivity contribution < 1.29 is 18.4 Å². The molecule has 0 bridgehead atoms. The first-order valence-electron chi connectivity index (χ1n) is 7.88. The van der Waals surface area contributed by atoms with Crippen molar-refractivity contribution in [3.05, 3.63) is 35.4 Å². The number of likely N-dealkylation sites (tertiary alicyclic amines) is 1. The average molecular weight is 324 g/mol. The van der Waals surface area contributed by atoms with Gasteiger partial charge in [0.2, 0.25) is 11.8 Å². The van der Waals surface area contributed by atoms with Gasteiger partial charge in [-0.2, -0.15) is 0 Å². The first kappa shape index (κ1) is 17.4. The highest BCUT2D eigenvalue weighted by molar-refractivity contribution is 5.85. The van der Waals surface area contributed by atoms with Gasteiger partial charge in [-0.3, -0.25) is 9.59 Å². The van der Waals surface area contributed by atoms with Crippen molar-refractivity contribution in [1.82, 2.24) is 9.80 Å². The summed E-state index contributed by atoms with van der Waals surface area (Å²) >= 11 is 0. The summed E-state index contributed by atoms with van der Waals surface area (Å²) < 4.78 is 26.4. The number of nitrogens with zero attached hydrogens (tertiary/aromatic N) is 2. The van der Waals surface area contributed by atoms with Crippen LogP contribution in [-0.2, 0) is 9.59 Å². The van der Waals surface area contributed by atoms with E-state index in [4.69, 9.17) is 0 Å². The molecular formula is C17H22F2N2O2. The molecule has 2 rings (SSSR count). The Hall–Kier alpha value is -1.98. The van der Waals surface area contributed by atoms with Gasteiger partial charge in [-0.15, -0.1) is 0 Å². The SMILES string of the molecule is CC(c1ccc(F)c(F)c1)N(C)C(=O)CN1CCCCCC1=O. The Morgan fingerprint density at radius 1 is 1.26 bits per heavy atom. The van der Waals surface area contributed by atoms with Crippen molar-refractivity contribution >= 4 is 11.8 Å². The fourth-order valence-electron chi connectivity index (χ4n) is 2.69. The summed E-state index contributed by atoms with van der Waals surface area (Å²) in [5.74, 6) is -2.05. The molecule has 1 heterocycles. The number of carbonyl (C=O) groups excluding carboxylic acids is 2. The minimum absolute atomic E-state index is 0.00438. The number of rotatable bonds is 4. The van der Waals surface area contributed by atoms with Crippen LogP contribution in [0.1, 0.15) is 44.2 Å². The molecule has 2 amide bonds. The predicted octanol–water partition coefficient (Wildman–Crippen LogP) is 2.89. The first-order chi connectivity index (χ1) is 10.9. The minimum Gasteiger partial charge on any atom is -0.337 e. The molecule has 0 spiro atoms. The van der Waals surface area contributed by atoms with E-state index in [0.29, 0.717) is 18.5 Å². The summed E-state index contributed by atoms with van der Waals surface area (Å²) in [5, 5.41) is 0. The van der Waals surface area contributed by atoms with Gasteiger partial charge in [-0.05, 0) is 37.5 Å². The number of benzene rings is 1. The van der Waals surface area contributed by atoms with Crippen LogP contribution in [0.4, 0.5) is 8.78 Å². The average Bonchev–Trinajstić information content (AvgIpc) is 2.73. The number of likely N-dealkylation sites (N-methyl/N-ethyl adjacent to an activating group) is 1. The van der Waals surface area contributed by atoms with Gasteiger partial charge in [0.15, 0.2) is 11.6 Å². The van der Waals surface area contributed by atoms with Gasteiger partial charge in [0, 0.05) is 20.0 Å². The summed E-state index contributed by atoms with van der Waals surface area (Å²) in [5.41, 5.74) is 0.516. The first-order valence-corrected chi connectivity index (χ1v) is 7.88. The van der Waals surface area contributed by atoms with Crippen LogP contribution in [-0.4, -0.2) is 41.8 Å². The van der Waals surface area contributed by atoms with Crippen LogP contribution in [0.15, 0.2) is 18.2 Å². The molecule has 0 saturated carbocycles. The van der Waals surface area contributed by atoms with E-state index in [2.05, 4.69) is 0 Å². The standard InChI is InChI=1S/C17H22F2N2O2/c1-12(13-7-8-14(18)15(19)10-13)20(2)17(23)11-21-9-5-3-4-6-16(21)22/h7-8,10,12H,3-6,9,11H2,1-2H3. The highest BCUT2D eigenvalue weighted by Gasteiger charge is 2.24. The van der Waals surface area contributed by atoms with Crippen LogP contribution in [0.3, 0.4) is 0 Å². The minimum atomic E-state index is -0.933. The fourth-order valence-corrected chi connectivity index (χ4v) is 2.69. The molecule has 1 aromatic carbocycles. The fraction of sp³-hybridized carbons (Fsp3) is 0.529. The molecule has 1 aliphatic heterocycles. The number of halogens is 2. The number of amides is 2. The quantitative estimate of drug-likeness (QED) is 0.854. The summed E-state index contributed by atoms with van der Waals surface area (Å²) in [6.45, 7) is 2.37. The molecule has 1 aliphatic rings. The van der Waals surface area contributed by atoms with Gasteiger partial charge >= 0.3 is 0 Å². The maximum Gasteiger partial charge on any atom is 0.242 e. The van der Waals surface area contributed by atoms with E-state index in [-0.39, 0.29) is 18.4 Å². The summed E-state index contributed by atoms with van der Waals surface area (Å²) in [6, 6.07) is 3.21. The predicted molar refractivity (Wildman–Crippen MR) is 82.6 cm³/mol. The molecule has 1 unspecified atom stereocenters. The van der Waals surface area contributed by atoms with Crippen LogP contribution in [0.5, 0.6) is 0 Å². The lowest BCUT2D eigenvalue weighted by molar-refractivity contribution is -0.140. The van der Waals surface area contributed by atoms with Crippen molar-refractivity contribution in [2.75, 3.05) is 20.1 Å². The third kappa shape index (κ3) is 4.27. The molecule has 0 N–H and O–H groups in total. The summed E-state index contributed by atoms with van der Waals surface area (Å²) in [7, 11) is 1.61. The van der Waals surface area contributed by atoms with Crippen LogP contribution in [0.25, 0.3) is 0 Å². The molecule has 1 atom stereocenters. The molecule has 1 saturated heterocycles. The van der Waals surface area contributed by atoms with Gasteiger partial charge in [0.25, 0.3) is 0 Å². The lowest BCUT2D eigenvalue weighted by Crippen LogP contribution is -2.42. The number of carbonyl (C=O) groups is 2. The highest BCUT2D eigenvalue weighted by atomic mass is 19.2. The van der Waals surface area contributed by atoms with Crippen molar-refractivity contribution in [3.63, 3.8) is 0 Å². The van der Waals surface area contributed by atoms with E-state index >= 15 is 0 Å². The lowest BCUT2D eigenvalue weighted by atomic mass is 10.1. The zero-order chi connectivity index (χ0) is 17.0. The summed E-state index contributed by atoms with van der Waals surface area (Å²) in [4.78, 5) is 27.4. The third-order valence-electron chi connectivity index (χ3n) is 4.40. The van der Waals surface area contributed by atoms with E-state index in [1.807, 2.05) is 0 Å². The zero-order valence-corrected chi connectivity index (χ0v) is 13.5. The largest absolute Gasteiger partial charge is 0.337 e. The van der Waals surface area contributed by atoms with E-state index in [0.717, 1.165) is 31.4 Å². The normalized spacial score (nSPS) is 16.9. The Morgan fingerprint density at radius 3 is 2.70 bits per heavy atom. The molecule has 126 valence electrons. The molecular weight excluding hydrogens is 302 g/mol. The van der Waals surface area contributed by atoms with Crippen LogP contribution in [0.2, 0.25) is 0 Å². The maximum absolute atomic E-state index is 13.3. The molecule has 1 aromatic rings. The second kappa shape index (κ2) is 7.53. The van der Waals surface area contributed by atoms with Gasteiger partial charge in [-0.25, -0.2) is 8.78 Å². The van der Waals surface area contributed by atoms with E-state index < -0.39 is 17.7 Å². The maximum atomic E-state index is 13.3. The molecule has 1 fully saturated rings. The Labute approximate surface area is 135 Å². The van der Waals surface area contributed by atoms with Gasteiger partial charge in [0.05, 0.1) is 12.6 Å². The van der Waals surface area contributed by atoms with Crippen LogP contribution in [0, 0.1) is 11.6 Å². The summed E-state index contributed by atoms with van der Waals surface area (Å²) in [6.07, 6.45) is 3.25. The van der Waals surface area contributed by atoms with E-state index in [1.54, 1.807) is 18.9 Å². The van der Waals surface area contributed by atoms with Gasteiger partial charge in [-0.1, -0.05) is 12.5 Å². The monoisotopic (exact) mass is 324 g/mol. The van der Waals surface area contributed by atoms with E-state index in [9.17, 15) is 18.4 Å². The topological polar surface area (TPSA) is 40.6 Å². The van der Waals surface area contributed by atoms with Crippen molar-refractivity contribution in [3.8, 4) is 0 Å². The molecule has 23 heavy (non-hydrogen) atoms. The Bertz CT molecular complexity index is 592. The Morgan fingerprint density at radius 2 is 2.00 bits per heavy atom. The molecule has 0 aliphatic carbocycles. The Kier molecular flexibility index (Phi) is 5.69. The van der Waals surface area contributed by atoms with Crippen molar-refractivity contribution in [2.24, 2.45) is 0 Å². The number of hydrogen-bond acceptors (Lipinski definition) is 2. The Balaban J connectivity index is 2.03. The van der Waals surface area contributed by atoms with Gasteiger partial charge in [0.1, 0.15) is 0 Å². The molecule has 0 aromatic heterocycles. The smallest absolute Gasteiger partial charge is 0.242 e. The van der Waals surface area contributed by atoms with Crippen LogP contribution < -0.4 is 0 Å². The lowest BCUT2D eigenvalue weighted by Gasteiger charge is -2.28. The highest BCUT2D eigenvalue weighted by Crippen LogP contribution is 2.21. The number of hydrogen-bond donors (Lipinski definition) is 0. The van der Waals surface area contributed by atoms with Crippen LogP contribution >= 0.6 is 0 Å². The second-order valence-electron chi connectivity index (χ2n) is 5.98. The molecule has 6 heteroatoms. The van der Waals surface area contributed by atoms with Gasteiger partial charge < -0.3 is 9.80 Å². The van der Waals surface area contributed by atoms with Crippen molar-refractivity contribution in [1.29, 1.82) is 0 Å².